The van der Waals surface area contributed by atoms with E-state index in [1.165, 1.54) is 12.1 Å². The van der Waals surface area contributed by atoms with Crippen molar-refractivity contribution in [1.29, 1.82) is 0 Å². The Kier molecular flexibility index (Phi) is 6.12. The number of imidazole rings is 1. The second-order valence-corrected chi connectivity index (χ2v) is 6.19. The largest absolute Gasteiger partial charge is 0.373 e. The molecule has 9 heteroatoms. The normalized spacial score (nSPS) is 12.1. The number of rotatable bonds is 7. The second kappa shape index (κ2) is 8.30. The van der Waals surface area contributed by atoms with Crippen LogP contribution in [0.25, 0.3) is 0 Å². The average molecular weight is 337 g/mol. The van der Waals surface area contributed by atoms with E-state index < -0.39 is 10.0 Å². The summed E-state index contributed by atoms with van der Waals surface area (Å²) < 4.78 is 32.1. The van der Waals surface area contributed by atoms with Crippen LogP contribution in [0.15, 0.2) is 52.7 Å². The summed E-state index contributed by atoms with van der Waals surface area (Å²) in [6.07, 6.45) is 3.32. The van der Waals surface area contributed by atoms with Gasteiger partial charge in [-0.1, -0.05) is 18.2 Å². The van der Waals surface area contributed by atoms with E-state index in [0.717, 1.165) is 5.69 Å². The van der Waals surface area contributed by atoms with Gasteiger partial charge in [0.05, 0.1) is 36.7 Å². The van der Waals surface area contributed by atoms with Crippen LogP contribution in [-0.2, 0) is 21.4 Å². The lowest BCUT2D eigenvalue weighted by Gasteiger charge is -2.10. The summed E-state index contributed by atoms with van der Waals surface area (Å²) in [5.41, 5.74) is 0.799. The molecule has 1 heterocycles. The molecule has 2 rings (SSSR count). The van der Waals surface area contributed by atoms with Crippen molar-refractivity contribution >= 4 is 16.0 Å². The van der Waals surface area contributed by atoms with Crippen LogP contribution in [0.5, 0.6) is 0 Å². The highest BCUT2D eigenvalue weighted by Gasteiger charge is 2.14. The zero-order valence-corrected chi connectivity index (χ0v) is 13.5. The Labute approximate surface area is 135 Å². The van der Waals surface area contributed by atoms with Crippen LogP contribution < -0.4 is 10.0 Å². The first-order chi connectivity index (χ1) is 11.1. The van der Waals surface area contributed by atoms with E-state index in [9.17, 15) is 8.42 Å². The fourth-order valence-corrected chi connectivity index (χ4v) is 2.77. The number of hydrogen-bond donors (Lipinski definition) is 3. The molecule has 8 nitrogen and oxygen atoms in total. The third kappa shape index (κ3) is 5.38. The maximum Gasteiger partial charge on any atom is 0.264 e. The molecule has 2 aromatic rings. The predicted octanol–water partition coefficient (Wildman–Crippen LogP) is 0.480. The molecule has 0 unspecified atom stereocenters. The number of hydrogen-bond acceptors (Lipinski definition) is 5. The van der Waals surface area contributed by atoms with E-state index in [4.69, 9.17) is 4.74 Å². The Morgan fingerprint density at radius 2 is 2.13 bits per heavy atom. The number of H-pyrrole nitrogens is 1. The lowest BCUT2D eigenvalue weighted by atomic mass is 10.4. The summed E-state index contributed by atoms with van der Waals surface area (Å²) in [5.74, 6) is 0.164. The van der Waals surface area contributed by atoms with Crippen molar-refractivity contribution < 1.29 is 13.2 Å². The Balaban J connectivity index is 1.84. The Hall–Kier alpha value is -2.39. The molecule has 0 radical (unpaired) electrons. The van der Waals surface area contributed by atoms with Gasteiger partial charge in [-0.25, -0.2) is 18.1 Å². The first-order valence-electron chi connectivity index (χ1n) is 6.97. The van der Waals surface area contributed by atoms with Crippen LogP contribution in [0, 0.1) is 0 Å². The summed E-state index contributed by atoms with van der Waals surface area (Å²) >= 11 is 0. The molecule has 124 valence electrons. The van der Waals surface area contributed by atoms with Gasteiger partial charge in [0.1, 0.15) is 0 Å². The Morgan fingerprint density at radius 1 is 1.35 bits per heavy atom. The van der Waals surface area contributed by atoms with Gasteiger partial charge >= 0.3 is 0 Å². The van der Waals surface area contributed by atoms with Gasteiger partial charge in [0, 0.05) is 13.2 Å². The van der Waals surface area contributed by atoms with E-state index in [-0.39, 0.29) is 10.9 Å². The molecule has 0 saturated carbocycles. The topological polar surface area (TPSA) is 108 Å². The fourth-order valence-electron chi connectivity index (χ4n) is 1.72. The monoisotopic (exact) mass is 337 g/mol. The highest BCUT2D eigenvalue weighted by Crippen LogP contribution is 2.06. The number of ether oxygens (including phenoxy) is 1. The van der Waals surface area contributed by atoms with Crippen molar-refractivity contribution in [2.75, 3.05) is 20.2 Å². The van der Waals surface area contributed by atoms with Crippen molar-refractivity contribution in [3.05, 3.63) is 48.5 Å². The summed E-state index contributed by atoms with van der Waals surface area (Å²) in [7, 11) is -2.05. The molecule has 0 bridgehead atoms. The zero-order chi connectivity index (χ0) is 16.5. The van der Waals surface area contributed by atoms with Crippen molar-refractivity contribution in [3.63, 3.8) is 0 Å². The van der Waals surface area contributed by atoms with Crippen LogP contribution in [0.2, 0.25) is 0 Å². The minimum Gasteiger partial charge on any atom is -0.373 e. The minimum atomic E-state index is -3.65. The van der Waals surface area contributed by atoms with Gasteiger partial charge in [0.15, 0.2) is 0 Å². The van der Waals surface area contributed by atoms with E-state index in [0.29, 0.717) is 19.8 Å². The number of guanidine groups is 1. The highest BCUT2D eigenvalue weighted by atomic mass is 32.2. The molecule has 0 fully saturated rings. The average Bonchev–Trinajstić information content (AvgIpc) is 3.07. The lowest BCUT2D eigenvalue weighted by molar-refractivity contribution is 0.126. The summed E-state index contributed by atoms with van der Waals surface area (Å²) in [5, 5.41) is 2.72. The molecule has 0 aliphatic heterocycles. The van der Waals surface area contributed by atoms with Crippen molar-refractivity contribution in [2.45, 2.75) is 11.5 Å². The summed E-state index contributed by atoms with van der Waals surface area (Å²) in [6.45, 7) is 1.05. The van der Waals surface area contributed by atoms with E-state index in [2.05, 4.69) is 25.0 Å². The molecular formula is C14H19N5O3S. The molecule has 1 aromatic carbocycles. The van der Waals surface area contributed by atoms with Crippen molar-refractivity contribution in [2.24, 2.45) is 4.99 Å². The van der Waals surface area contributed by atoms with E-state index >= 15 is 0 Å². The first kappa shape index (κ1) is 17.0. The number of aromatic nitrogens is 2. The molecule has 0 aliphatic rings. The standard InChI is InChI=1S/C14H19N5O3S/c1-15-14(17-7-8-22-10-12-9-16-11-18-12)19-23(20,21)13-5-3-2-4-6-13/h2-6,9,11H,7-8,10H2,1H3,(H,16,18)(H2,15,17,19). The second-order valence-electron chi connectivity index (χ2n) is 4.51. The van der Waals surface area contributed by atoms with Gasteiger partial charge in [0.25, 0.3) is 10.0 Å². The molecule has 0 aliphatic carbocycles. The lowest BCUT2D eigenvalue weighted by Crippen LogP contribution is -2.39. The maximum absolute atomic E-state index is 12.2. The number of aromatic amines is 1. The SMILES string of the molecule is CNC(=NCCOCc1c[nH]cn1)NS(=O)(=O)c1ccccc1. The molecule has 0 atom stereocenters. The molecular weight excluding hydrogens is 318 g/mol. The van der Waals surface area contributed by atoms with E-state index in [1.807, 2.05) is 0 Å². The number of benzene rings is 1. The fraction of sp³-hybridized carbons (Fsp3) is 0.286. The number of sulfonamides is 1. The molecule has 0 amide bonds. The van der Waals surface area contributed by atoms with Gasteiger partial charge in [-0.05, 0) is 12.1 Å². The molecule has 23 heavy (non-hydrogen) atoms. The summed E-state index contributed by atoms with van der Waals surface area (Å²) in [4.78, 5) is 11.2. The molecule has 0 saturated heterocycles. The quantitative estimate of drug-likeness (QED) is 0.387. The van der Waals surface area contributed by atoms with Crippen LogP contribution in [0.1, 0.15) is 5.69 Å². The first-order valence-corrected chi connectivity index (χ1v) is 8.45. The van der Waals surface area contributed by atoms with Gasteiger partial charge in [-0.15, -0.1) is 0 Å². The number of nitrogens with zero attached hydrogens (tertiary/aromatic N) is 2. The third-order valence-corrected chi connectivity index (χ3v) is 4.19. The Morgan fingerprint density at radius 3 is 2.78 bits per heavy atom. The number of aliphatic imine (C=N–C) groups is 1. The van der Waals surface area contributed by atoms with Crippen molar-refractivity contribution in [3.8, 4) is 0 Å². The molecule has 1 aromatic heterocycles. The van der Waals surface area contributed by atoms with Crippen LogP contribution in [0.3, 0.4) is 0 Å². The van der Waals surface area contributed by atoms with E-state index in [1.54, 1.807) is 37.8 Å². The molecule has 3 N–H and O–H groups in total. The van der Waals surface area contributed by atoms with Crippen LogP contribution >= 0.6 is 0 Å². The highest BCUT2D eigenvalue weighted by molar-refractivity contribution is 7.90. The number of nitrogens with one attached hydrogen (secondary N) is 3. The summed E-state index contributed by atoms with van der Waals surface area (Å²) in [6, 6.07) is 8.11. The predicted molar refractivity (Wildman–Crippen MR) is 86.4 cm³/mol. The van der Waals surface area contributed by atoms with Gasteiger partial charge in [0.2, 0.25) is 5.96 Å². The van der Waals surface area contributed by atoms with Gasteiger partial charge < -0.3 is 15.0 Å². The molecule has 0 spiro atoms. The Bertz CT molecular complexity index is 714. The smallest absolute Gasteiger partial charge is 0.264 e. The van der Waals surface area contributed by atoms with Gasteiger partial charge in [-0.3, -0.25) is 4.99 Å². The van der Waals surface area contributed by atoms with Crippen LogP contribution in [-0.4, -0.2) is 44.5 Å². The van der Waals surface area contributed by atoms with Crippen LogP contribution in [0.4, 0.5) is 0 Å². The maximum atomic E-state index is 12.2. The third-order valence-electron chi connectivity index (χ3n) is 2.83. The zero-order valence-electron chi connectivity index (χ0n) is 12.7. The van der Waals surface area contributed by atoms with Crippen molar-refractivity contribution in [1.82, 2.24) is 20.0 Å². The minimum absolute atomic E-state index is 0.164. The van der Waals surface area contributed by atoms with Gasteiger partial charge in [-0.2, -0.15) is 0 Å².